The van der Waals surface area contributed by atoms with E-state index in [-0.39, 0.29) is 9.77 Å². The Morgan fingerprint density at radius 3 is 2.61 bits per heavy atom. The predicted molar refractivity (Wildman–Crippen MR) is 94.1 cm³/mol. The zero-order valence-electron chi connectivity index (χ0n) is 12.3. The molecular weight excluding hydrogens is 356 g/mol. The van der Waals surface area contributed by atoms with Crippen LogP contribution in [-0.4, -0.2) is 13.0 Å². The molecule has 1 N–H and O–H groups in total. The van der Waals surface area contributed by atoms with E-state index in [4.69, 9.17) is 11.6 Å². The molecule has 23 heavy (non-hydrogen) atoms. The molecule has 0 aliphatic carbocycles. The maximum atomic E-state index is 12.4. The van der Waals surface area contributed by atoms with E-state index in [1.807, 2.05) is 0 Å². The average molecular weight is 369 g/mol. The summed E-state index contributed by atoms with van der Waals surface area (Å²) in [6.45, 7) is 1.80. The number of aryl methyl sites for hydroxylation is 2. The van der Waals surface area contributed by atoms with Gasteiger partial charge in [0.1, 0.15) is 0 Å². The van der Waals surface area contributed by atoms with Crippen molar-refractivity contribution in [2.45, 2.75) is 11.8 Å². The number of thiazole rings is 1. The number of anilines is 1. The van der Waals surface area contributed by atoms with Gasteiger partial charge in [-0.1, -0.05) is 29.0 Å². The summed E-state index contributed by atoms with van der Waals surface area (Å²) in [5.41, 5.74) is 1.97. The third-order valence-electron chi connectivity index (χ3n) is 3.50. The predicted octanol–water partition coefficient (Wildman–Crippen LogP) is 3.36. The monoisotopic (exact) mass is 368 g/mol. The van der Waals surface area contributed by atoms with Crippen molar-refractivity contribution in [1.29, 1.82) is 0 Å². The fourth-order valence-electron chi connectivity index (χ4n) is 2.15. The van der Waals surface area contributed by atoms with Gasteiger partial charge >= 0.3 is 4.87 Å². The van der Waals surface area contributed by atoms with Gasteiger partial charge < -0.3 is 4.57 Å². The van der Waals surface area contributed by atoms with Crippen LogP contribution in [0.2, 0.25) is 5.02 Å². The minimum Gasteiger partial charge on any atom is -0.302 e. The molecular formula is C15H13ClN2O3S2. The molecule has 0 fully saturated rings. The minimum atomic E-state index is -3.74. The van der Waals surface area contributed by atoms with Crippen molar-refractivity contribution in [2.24, 2.45) is 7.05 Å². The van der Waals surface area contributed by atoms with E-state index in [9.17, 15) is 13.2 Å². The second-order valence-electron chi connectivity index (χ2n) is 5.13. The number of aromatic nitrogens is 1. The molecule has 0 amide bonds. The molecule has 1 aromatic heterocycles. The molecule has 0 atom stereocenters. The standard InChI is InChI=1S/C15H13ClN2O3S2/c1-9-3-5-11(8-12(9)16)23(20,21)17-10-4-6-13-14(7-10)22-15(19)18(13)2/h3-8,17H,1-2H3. The van der Waals surface area contributed by atoms with Crippen LogP contribution in [0.15, 0.2) is 46.1 Å². The molecule has 2 aromatic carbocycles. The maximum Gasteiger partial charge on any atom is 0.307 e. The Morgan fingerprint density at radius 2 is 1.91 bits per heavy atom. The van der Waals surface area contributed by atoms with E-state index >= 15 is 0 Å². The van der Waals surface area contributed by atoms with E-state index in [2.05, 4.69) is 4.72 Å². The van der Waals surface area contributed by atoms with E-state index in [0.717, 1.165) is 27.1 Å². The first-order valence-corrected chi connectivity index (χ1v) is 9.34. The Kier molecular flexibility index (Phi) is 3.95. The molecule has 0 spiro atoms. The first kappa shape index (κ1) is 16.0. The van der Waals surface area contributed by atoms with Gasteiger partial charge in [0.05, 0.1) is 20.8 Å². The van der Waals surface area contributed by atoms with Gasteiger partial charge in [-0.05, 0) is 42.8 Å². The number of benzene rings is 2. The lowest BCUT2D eigenvalue weighted by molar-refractivity contribution is 0.601. The number of fused-ring (bicyclic) bond motifs is 1. The summed E-state index contributed by atoms with van der Waals surface area (Å²) in [5.74, 6) is 0. The Hall–Kier alpha value is -1.83. The van der Waals surface area contributed by atoms with E-state index < -0.39 is 10.0 Å². The van der Waals surface area contributed by atoms with Crippen LogP contribution in [0.3, 0.4) is 0 Å². The van der Waals surface area contributed by atoms with Crippen molar-refractivity contribution < 1.29 is 8.42 Å². The van der Waals surface area contributed by atoms with E-state index in [1.54, 1.807) is 38.2 Å². The van der Waals surface area contributed by atoms with Crippen molar-refractivity contribution in [2.75, 3.05) is 4.72 Å². The van der Waals surface area contributed by atoms with Gasteiger partial charge in [-0.2, -0.15) is 0 Å². The summed E-state index contributed by atoms with van der Waals surface area (Å²) in [4.78, 5) is 11.7. The highest BCUT2D eigenvalue weighted by atomic mass is 35.5. The molecule has 0 radical (unpaired) electrons. The van der Waals surface area contributed by atoms with Crippen LogP contribution >= 0.6 is 22.9 Å². The molecule has 0 unspecified atom stereocenters. The molecule has 5 nitrogen and oxygen atoms in total. The molecule has 0 bridgehead atoms. The summed E-state index contributed by atoms with van der Waals surface area (Å²) in [6.07, 6.45) is 0. The van der Waals surface area contributed by atoms with Gasteiger partial charge in [-0.3, -0.25) is 9.52 Å². The summed E-state index contributed by atoms with van der Waals surface area (Å²) in [7, 11) is -2.06. The average Bonchev–Trinajstić information content (AvgIpc) is 2.76. The topological polar surface area (TPSA) is 68.2 Å². The van der Waals surface area contributed by atoms with Crippen molar-refractivity contribution in [3.8, 4) is 0 Å². The number of hydrogen-bond acceptors (Lipinski definition) is 4. The van der Waals surface area contributed by atoms with Crippen molar-refractivity contribution in [3.63, 3.8) is 0 Å². The smallest absolute Gasteiger partial charge is 0.302 e. The molecule has 8 heteroatoms. The van der Waals surface area contributed by atoms with Crippen LogP contribution in [0.25, 0.3) is 10.2 Å². The summed E-state index contributed by atoms with van der Waals surface area (Å²) < 4.78 is 29.6. The zero-order valence-corrected chi connectivity index (χ0v) is 14.7. The molecule has 0 aliphatic rings. The number of rotatable bonds is 3. The van der Waals surface area contributed by atoms with E-state index in [0.29, 0.717) is 10.7 Å². The van der Waals surface area contributed by atoms with Crippen LogP contribution in [0.4, 0.5) is 5.69 Å². The Bertz CT molecular complexity index is 1070. The van der Waals surface area contributed by atoms with Gasteiger partial charge in [0.2, 0.25) is 0 Å². The molecule has 3 rings (SSSR count). The number of hydrogen-bond donors (Lipinski definition) is 1. The zero-order chi connectivity index (χ0) is 16.8. The molecule has 0 aliphatic heterocycles. The van der Waals surface area contributed by atoms with Crippen LogP contribution < -0.4 is 9.60 Å². The maximum absolute atomic E-state index is 12.4. The quantitative estimate of drug-likeness (QED) is 0.770. The largest absolute Gasteiger partial charge is 0.307 e. The Labute approximate surface area is 142 Å². The minimum absolute atomic E-state index is 0.0921. The lowest BCUT2D eigenvalue weighted by atomic mass is 10.2. The second kappa shape index (κ2) is 5.67. The van der Waals surface area contributed by atoms with Gasteiger partial charge in [-0.25, -0.2) is 8.42 Å². The third-order valence-corrected chi connectivity index (χ3v) is 6.28. The molecule has 120 valence electrons. The van der Waals surface area contributed by atoms with Gasteiger partial charge in [-0.15, -0.1) is 0 Å². The summed E-state index contributed by atoms with van der Waals surface area (Å²) in [5, 5.41) is 0.393. The fourth-order valence-corrected chi connectivity index (χ4v) is 4.39. The molecule has 3 aromatic rings. The van der Waals surface area contributed by atoms with Crippen LogP contribution in [0.5, 0.6) is 0 Å². The van der Waals surface area contributed by atoms with Crippen molar-refractivity contribution in [3.05, 3.63) is 56.7 Å². The number of halogens is 1. The SMILES string of the molecule is Cc1ccc(S(=O)(=O)Nc2ccc3c(c2)sc(=O)n3C)cc1Cl. The Balaban J connectivity index is 1.99. The number of nitrogens with one attached hydrogen (secondary N) is 1. The summed E-state index contributed by atoms with van der Waals surface area (Å²) >= 11 is 7.06. The highest BCUT2D eigenvalue weighted by molar-refractivity contribution is 7.92. The fraction of sp³-hybridized carbons (Fsp3) is 0.133. The normalized spacial score (nSPS) is 11.8. The highest BCUT2D eigenvalue weighted by Gasteiger charge is 2.16. The van der Waals surface area contributed by atoms with Crippen LogP contribution in [0.1, 0.15) is 5.56 Å². The first-order chi connectivity index (χ1) is 10.8. The van der Waals surface area contributed by atoms with Crippen molar-refractivity contribution >= 4 is 48.9 Å². The van der Waals surface area contributed by atoms with Crippen molar-refractivity contribution in [1.82, 2.24) is 4.57 Å². The number of nitrogens with zero attached hydrogens (tertiary/aromatic N) is 1. The van der Waals surface area contributed by atoms with Gasteiger partial charge in [0.25, 0.3) is 10.0 Å². The lowest BCUT2D eigenvalue weighted by Crippen LogP contribution is -2.13. The molecule has 0 saturated heterocycles. The highest BCUT2D eigenvalue weighted by Crippen LogP contribution is 2.25. The Morgan fingerprint density at radius 1 is 1.17 bits per heavy atom. The lowest BCUT2D eigenvalue weighted by Gasteiger charge is -2.09. The van der Waals surface area contributed by atoms with Gasteiger partial charge in [0.15, 0.2) is 0 Å². The van der Waals surface area contributed by atoms with Gasteiger partial charge in [0, 0.05) is 12.1 Å². The molecule has 0 saturated carbocycles. The third kappa shape index (κ3) is 2.99. The summed E-state index contributed by atoms with van der Waals surface area (Å²) in [6, 6.07) is 9.56. The number of sulfonamides is 1. The van der Waals surface area contributed by atoms with Crippen LogP contribution in [-0.2, 0) is 17.1 Å². The second-order valence-corrected chi connectivity index (χ2v) is 8.21. The molecule has 1 heterocycles. The first-order valence-electron chi connectivity index (χ1n) is 6.66. The van der Waals surface area contributed by atoms with E-state index in [1.165, 1.54) is 16.7 Å². The van der Waals surface area contributed by atoms with Crippen LogP contribution in [0, 0.1) is 6.92 Å².